The normalized spacial score (nSPS) is 19.9. The van der Waals surface area contributed by atoms with Gasteiger partial charge in [0.25, 0.3) is 0 Å². The minimum atomic E-state index is -0.822. The predicted molar refractivity (Wildman–Crippen MR) is 66.8 cm³/mol. The van der Waals surface area contributed by atoms with Crippen LogP contribution in [0.5, 0.6) is 0 Å². The molecular formula is C14H15F2NO3. The highest BCUT2D eigenvalue weighted by atomic mass is 19.1. The molecule has 1 heterocycles. The van der Waals surface area contributed by atoms with Crippen LogP contribution in [0.4, 0.5) is 8.78 Å². The Balaban J connectivity index is 2.06. The lowest BCUT2D eigenvalue weighted by Crippen LogP contribution is -2.44. The van der Waals surface area contributed by atoms with Crippen molar-refractivity contribution < 1.29 is 23.1 Å². The molecule has 0 amide bonds. The highest BCUT2D eigenvalue weighted by Crippen LogP contribution is 2.19. The SMILES string of the molecule is COC(=O)C1CN(Cc2ccc(F)cc2F)CCC1=O. The number of hydrogen-bond donors (Lipinski definition) is 0. The van der Waals surface area contributed by atoms with Crippen molar-refractivity contribution >= 4 is 11.8 Å². The highest BCUT2D eigenvalue weighted by molar-refractivity contribution is 5.99. The van der Waals surface area contributed by atoms with Crippen LogP contribution in [0.3, 0.4) is 0 Å². The summed E-state index contributed by atoms with van der Waals surface area (Å²) in [6.07, 6.45) is 0.225. The first kappa shape index (κ1) is 14.6. The van der Waals surface area contributed by atoms with E-state index in [2.05, 4.69) is 4.74 Å². The van der Waals surface area contributed by atoms with Crippen molar-refractivity contribution in [2.75, 3.05) is 20.2 Å². The molecule has 0 saturated carbocycles. The highest BCUT2D eigenvalue weighted by Gasteiger charge is 2.33. The molecule has 2 rings (SSSR count). The molecule has 1 aliphatic heterocycles. The van der Waals surface area contributed by atoms with Crippen molar-refractivity contribution in [1.82, 2.24) is 4.90 Å². The van der Waals surface area contributed by atoms with Crippen LogP contribution in [-0.2, 0) is 20.9 Å². The Hall–Kier alpha value is -1.82. The Bertz CT molecular complexity index is 525. The van der Waals surface area contributed by atoms with Crippen LogP contribution in [0, 0.1) is 17.6 Å². The topological polar surface area (TPSA) is 46.6 Å². The second-order valence-corrected chi connectivity index (χ2v) is 4.76. The van der Waals surface area contributed by atoms with Crippen LogP contribution in [0.2, 0.25) is 0 Å². The van der Waals surface area contributed by atoms with E-state index >= 15 is 0 Å². The third kappa shape index (κ3) is 3.19. The molecule has 0 radical (unpaired) electrons. The first-order chi connectivity index (χ1) is 9.51. The van der Waals surface area contributed by atoms with E-state index in [9.17, 15) is 18.4 Å². The summed E-state index contributed by atoms with van der Waals surface area (Å²) in [4.78, 5) is 24.9. The lowest BCUT2D eigenvalue weighted by molar-refractivity contribution is -0.152. The predicted octanol–water partition coefficient (Wildman–Crippen LogP) is 1.53. The molecule has 0 N–H and O–H groups in total. The second kappa shape index (κ2) is 6.09. The summed E-state index contributed by atoms with van der Waals surface area (Å²) in [6.45, 7) is 0.873. The number of ketones is 1. The second-order valence-electron chi connectivity index (χ2n) is 4.76. The number of nitrogens with zero attached hydrogens (tertiary/aromatic N) is 1. The number of ether oxygens (including phenoxy) is 1. The Morgan fingerprint density at radius 1 is 1.45 bits per heavy atom. The van der Waals surface area contributed by atoms with Crippen molar-refractivity contribution in [3.8, 4) is 0 Å². The van der Waals surface area contributed by atoms with Crippen LogP contribution in [0.15, 0.2) is 18.2 Å². The first-order valence-electron chi connectivity index (χ1n) is 6.28. The third-order valence-electron chi connectivity index (χ3n) is 3.40. The summed E-state index contributed by atoms with van der Waals surface area (Å²) in [5.41, 5.74) is 0.337. The molecule has 20 heavy (non-hydrogen) atoms. The molecule has 0 spiro atoms. The quantitative estimate of drug-likeness (QED) is 0.623. The van der Waals surface area contributed by atoms with Gasteiger partial charge in [-0.2, -0.15) is 0 Å². The van der Waals surface area contributed by atoms with Crippen molar-refractivity contribution in [1.29, 1.82) is 0 Å². The number of piperidine rings is 1. The summed E-state index contributed by atoms with van der Waals surface area (Å²) < 4.78 is 31.0. The Morgan fingerprint density at radius 2 is 2.20 bits per heavy atom. The van der Waals surface area contributed by atoms with Gasteiger partial charge >= 0.3 is 5.97 Å². The van der Waals surface area contributed by atoms with Crippen LogP contribution >= 0.6 is 0 Å². The van der Waals surface area contributed by atoms with Gasteiger partial charge in [-0.1, -0.05) is 6.07 Å². The lowest BCUT2D eigenvalue weighted by Gasteiger charge is -2.30. The van der Waals surface area contributed by atoms with Gasteiger partial charge in [0.1, 0.15) is 23.3 Å². The molecule has 6 heteroatoms. The van der Waals surface area contributed by atoms with E-state index in [0.717, 1.165) is 6.07 Å². The van der Waals surface area contributed by atoms with E-state index in [1.54, 1.807) is 4.90 Å². The number of rotatable bonds is 3. The maximum Gasteiger partial charge on any atom is 0.317 e. The van der Waals surface area contributed by atoms with Crippen LogP contribution in [0.25, 0.3) is 0 Å². The molecule has 0 aliphatic carbocycles. The van der Waals surface area contributed by atoms with E-state index in [4.69, 9.17) is 0 Å². The maximum absolute atomic E-state index is 13.6. The van der Waals surface area contributed by atoms with Crippen molar-refractivity contribution in [2.24, 2.45) is 5.92 Å². The first-order valence-corrected chi connectivity index (χ1v) is 6.28. The van der Waals surface area contributed by atoms with Gasteiger partial charge in [-0.05, 0) is 6.07 Å². The molecule has 1 aliphatic rings. The average molecular weight is 283 g/mol. The van der Waals surface area contributed by atoms with Gasteiger partial charge < -0.3 is 4.74 Å². The molecule has 4 nitrogen and oxygen atoms in total. The summed E-state index contributed by atoms with van der Waals surface area (Å²) in [5.74, 6) is -2.81. The van der Waals surface area contributed by atoms with Crippen molar-refractivity contribution in [3.63, 3.8) is 0 Å². The monoisotopic (exact) mass is 283 g/mol. The number of carbonyl (C=O) groups excluding carboxylic acids is 2. The van der Waals surface area contributed by atoms with E-state index in [1.807, 2.05) is 0 Å². The number of likely N-dealkylation sites (tertiary alicyclic amines) is 1. The van der Waals surface area contributed by atoms with Crippen molar-refractivity contribution in [3.05, 3.63) is 35.4 Å². The molecule has 1 aromatic carbocycles. The summed E-state index contributed by atoms with van der Waals surface area (Å²) in [5, 5.41) is 0. The smallest absolute Gasteiger partial charge is 0.317 e. The van der Waals surface area contributed by atoms with Crippen molar-refractivity contribution in [2.45, 2.75) is 13.0 Å². The molecule has 108 valence electrons. The van der Waals surface area contributed by atoms with Gasteiger partial charge in [-0.25, -0.2) is 8.78 Å². The standard InChI is InChI=1S/C14H15F2NO3/c1-20-14(19)11-8-17(5-4-13(11)18)7-9-2-3-10(15)6-12(9)16/h2-3,6,11H,4-5,7-8H2,1H3. The maximum atomic E-state index is 13.6. The molecule has 0 bridgehead atoms. The van der Waals surface area contributed by atoms with E-state index in [0.29, 0.717) is 12.1 Å². The van der Waals surface area contributed by atoms with Gasteiger partial charge in [0.15, 0.2) is 0 Å². The molecule has 1 atom stereocenters. The molecule has 1 unspecified atom stereocenters. The minimum Gasteiger partial charge on any atom is -0.468 e. The van der Waals surface area contributed by atoms with E-state index < -0.39 is 23.5 Å². The Labute approximate surface area is 115 Å². The number of Topliss-reactive ketones (excluding diaryl/α,β-unsaturated/α-hetero) is 1. The van der Waals surface area contributed by atoms with Crippen LogP contribution in [0.1, 0.15) is 12.0 Å². The molecule has 1 saturated heterocycles. The molecule has 1 aromatic rings. The molecular weight excluding hydrogens is 268 g/mol. The van der Waals surface area contributed by atoms with Gasteiger partial charge in [-0.15, -0.1) is 0 Å². The van der Waals surface area contributed by atoms with Gasteiger partial charge in [-0.3, -0.25) is 14.5 Å². The zero-order valence-electron chi connectivity index (χ0n) is 11.1. The summed E-state index contributed by atoms with van der Waals surface area (Å²) in [7, 11) is 1.23. The molecule has 1 fully saturated rings. The Morgan fingerprint density at radius 3 is 2.85 bits per heavy atom. The third-order valence-corrected chi connectivity index (χ3v) is 3.40. The zero-order chi connectivity index (χ0) is 14.7. The molecule has 0 aromatic heterocycles. The lowest BCUT2D eigenvalue weighted by atomic mass is 9.96. The number of hydrogen-bond acceptors (Lipinski definition) is 4. The van der Waals surface area contributed by atoms with Gasteiger partial charge in [0, 0.05) is 37.7 Å². The average Bonchev–Trinajstić information content (AvgIpc) is 2.43. The van der Waals surface area contributed by atoms with Gasteiger partial charge in [0.2, 0.25) is 0 Å². The summed E-state index contributed by atoms with van der Waals surface area (Å²) in [6, 6.07) is 3.38. The largest absolute Gasteiger partial charge is 0.468 e. The fourth-order valence-corrected chi connectivity index (χ4v) is 2.28. The number of methoxy groups -OCH3 is 1. The van der Waals surface area contributed by atoms with Gasteiger partial charge in [0.05, 0.1) is 7.11 Å². The number of halogens is 2. The minimum absolute atomic E-state index is 0.160. The van der Waals surface area contributed by atoms with Crippen LogP contribution in [-0.4, -0.2) is 36.9 Å². The van der Waals surface area contributed by atoms with Crippen LogP contribution < -0.4 is 0 Å². The number of carbonyl (C=O) groups is 2. The number of esters is 1. The van der Waals surface area contributed by atoms with E-state index in [-0.39, 0.29) is 25.3 Å². The fraction of sp³-hybridized carbons (Fsp3) is 0.429. The number of benzene rings is 1. The zero-order valence-corrected chi connectivity index (χ0v) is 11.1. The summed E-state index contributed by atoms with van der Waals surface area (Å²) >= 11 is 0. The van der Waals surface area contributed by atoms with E-state index in [1.165, 1.54) is 19.2 Å². The fourth-order valence-electron chi connectivity index (χ4n) is 2.28. The Kier molecular flexibility index (Phi) is 4.44.